The van der Waals surface area contributed by atoms with Crippen LogP contribution in [0, 0.1) is 5.92 Å². The van der Waals surface area contributed by atoms with Crippen molar-refractivity contribution in [3.63, 3.8) is 0 Å². The minimum Gasteiger partial charge on any atom is -0.328 e. The highest BCUT2D eigenvalue weighted by Gasteiger charge is 2.23. The van der Waals surface area contributed by atoms with Crippen LogP contribution in [-0.4, -0.2) is 55.6 Å². The number of nitrogens with zero attached hydrogens (tertiary/aromatic N) is 2. The Balaban J connectivity index is 0.00000256. The van der Waals surface area contributed by atoms with Crippen LogP contribution in [0.25, 0.3) is 0 Å². The van der Waals surface area contributed by atoms with E-state index in [1.54, 1.807) is 4.90 Å². The molecule has 0 aromatic rings. The van der Waals surface area contributed by atoms with Crippen LogP contribution < -0.4 is 5.32 Å². The van der Waals surface area contributed by atoms with Crippen molar-refractivity contribution in [3.05, 3.63) is 0 Å². The Morgan fingerprint density at radius 3 is 2.41 bits per heavy atom. The van der Waals surface area contributed by atoms with Crippen LogP contribution in [0.15, 0.2) is 0 Å². The molecule has 1 saturated heterocycles. The molecule has 1 rings (SSSR count). The molecule has 102 valence electrons. The predicted molar refractivity (Wildman–Crippen MR) is 73.8 cm³/mol. The van der Waals surface area contributed by atoms with Gasteiger partial charge in [-0.2, -0.15) is 0 Å². The number of urea groups is 1. The summed E-state index contributed by atoms with van der Waals surface area (Å²) in [4.78, 5) is 15.6. The van der Waals surface area contributed by atoms with E-state index in [1.807, 2.05) is 18.9 Å². The number of likely N-dealkylation sites (tertiary alicyclic amines) is 1. The number of piperidine rings is 1. The molecule has 0 aromatic heterocycles. The largest absolute Gasteiger partial charge is 0.328 e. The van der Waals surface area contributed by atoms with E-state index in [1.165, 1.54) is 0 Å². The summed E-state index contributed by atoms with van der Waals surface area (Å²) in [6.07, 6.45) is 2.27. The predicted octanol–water partition coefficient (Wildman–Crippen LogP) is 1.80. The van der Waals surface area contributed by atoms with Crippen LogP contribution in [0.2, 0.25) is 0 Å². The fraction of sp³-hybridized carbons (Fsp3) is 0.917. The number of halogens is 1. The summed E-state index contributed by atoms with van der Waals surface area (Å²) >= 11 is 0. The second kappa shape index (κ2) is 8.59. The standard InChI is InChI=1S/C12H25N3O.ClH/c1-4-13-10-11-6-8-15(9-7-11)12(16)14(3)5-2;/h11,13H,4-10H2,1-3H3;1H. The van der Waals surface area contributed by atoms with Gasteiger partial charge >= 0.3 is 6.03 Å². The lowest BCUT2D eigenvalue weighted by atomic mass is 9.97. The number of hydrogen-bond acceptors (Lipinski definition) is 2. The van der Waals surface area contributed by atoms with Crippen molar-refractivity contribution < 1.29 is 4.79 Å². The molecule has 1 aliphatic heterocycles. The van der Waals surface area contributed by atoms with Crippen molar-refractivity contribution in [3.8, 4) is 0 Å². The van der Waals surface area contributed by atoms with Crippen LogP contribution in [0.1, 0.15) is 26.7 Å². The van der Waals surface area contributed by atoms with Gasteiger partial charge in [0.2, 0.25) is 0 Å². The molecule has 1 fully saturated rings. The van der Waals surface area contributed by atoms with E-state index in [2.05, 4.69) is 12.2 Å². The van der Waals surface area contributed by atoms with Crippen molar-refractivity contribution in [2.75, 3.05) is 39.8 Å². The van der Waals surface area contributed by atoms with Crippen molar-refractivity contribution in [2.24, 2.45) is 5.92 Å². The second-order valence-electron chi connectivity index (χ2n) is 4.53. The van der Waals surface area contributed by atoms with Gasteiger partial charge in [0.15, 0.2) is 0 Å². The lowest BCUT2D eigenvalue weighted by Gasteiger charge is -2.34. The molecule has 0 unspecified atom stereocenters. The Labute approximate surface area is 111 Å². The maximum absolute atomic E-state index is 11.9. The Morgan fingerprint density at radius 1 is 1.35 bits per heavy atom. The summed E-state index contributed by atoms with van der Waals surface area (Å²) in [6.45, 7) is 8.90. The van der Waals surface area contributed by atoms with E-state index in [0.29, 0.717) is 0 Å². The quantitative estimate of drug-likeness (QED) is 0.840. The van der Waals surface area contributed by atoms with Gasteiger partial charge in [0.1, 0.15) is 0 Å². The van der Waals surface area contributed by atoms with Crippen LogP contribution in [0.4, 0.5) is 4.79 Å². The molecule has 1 heterocycles. The maximum atomic E-state index is 11.9. The van der Waals surface area contributed by atoms with Gasteiger partial charge in [0, 0.05) is 26.7 Å². The van der Waals surface area contributed by atoms with Crippen molar-refractivity contribution >= 4 is 18.4 Å². The molecular formula is C12H26ClN3O. The third-order valence-electron chi connectivity index (χ3n) is 3.37. The molecule has 0 aliphatic carbocycles. The lowest BCUT2D eigenvalue weighted by Crippen LogP contribution is -2.46. The first kappa shape index (κ1) is 16.5. The molecule has 1 aliphatic rings. The maximum Gasteiger partial charge on any atom is 0.319 e. The molecule has 0 bridgehead atoms. The third kappa shape index (κ3) is 5.13. The highest BCUT2D eigenvalue weighted by atomic mass is 35.5. The average molecular weight is 264 g/mol. The van der Waals surface area contributed by atoms with Gasteiger partial charge in [0.25, 0.3) is 0 Å². The zero-order valence-electron chi connectivity index (χ0n) is 11.2. The molecule has 17 heavy (non-hydrogen) atoms. The topological polar surface area (TPSA) is 35.6 Å². The smallest absolute Gasteiger partial charge is 0.319 e. The summed E-state index contributed by atoms with van der Waals surface area (Å²) < 4.78 is 0. The van der Waals surface area contributed by atoms with Crippen LogP contribution >= 0.6 is 12.4 Å². The Morgan fingerprint density at radius 2 is 1.94 bits per heavy atom. The first-order valence-electron chi connectivity index (χ1n) is 6.39. The number of amides is 2. The zero-order chi connectivity index (χ0) is 12.0. The highest BCUT2D eigenvalue weighted by molar-refractivity contribution is 5.85. The molecular weight excluding hydrogens is 238 g/mol. The summed E-state index contributed by atoms with van der Waals surface area (Å²) in [6, 6.07) is 0.185. The molecule has 0 saturated carbocycles. The first-order chi connectivity index (χ1) is 7.69. The number of carbonyl (C=O) groups is 1. The zero-order valence-corrected chi connectivity index (χ0v) is 12.1. The molecule has 2 amide bonds. The van der Waals surface area contributed by atoms with Gasteiger partial charge in [-0.15, -0.1) is 12.4 Å². The molecule has 0 atom stereocenters. The Hall–Kier alpha value is -0.480. The van der Waals surface area contributed by atoms with E-state index in [4.69, 9.17) is 0 Å². The van der Waals surface area contributed by atoms with Gasteiger partial charge in [0.05, 0.1) is 0 Å². The van der Waals surface area contributed by atoms with E-state index in [-0.39, 0.29) is 18.4 Å². The first-order valence-corrected chi connectivity index (χ1v) is 6.39. The SMILES string of the molecule is CCNCC1CCN(C(=O)N(C)CC)CC1.Cl. The normalized spacial score (nSPS) is 16.5. The van der Waals surface area contributed by atoms with Gasteiger partial charge in [-0.05, 0) is 38.8 Å². The summed E-state index contributed by atoms with van der Waals surface area (Å²) in [5.74, 6) is 0.746. The van der Waals surface area contributed by atoms with Crippen LogP contribution in [0.3, 0.4) is 0 Å². The lowest BCUT2D eigenvalue weighted by molar-refractivity contribution is 0.142. The fourth-order valence-electron chi connectivity index (χ4n) is 2.05. The van der Waals surface area contributed by atoms with Gasteiger partial charge in [-0.1, -0.05) is 6.92 Å². The van der Waals surface area contributed by atoms with Crippen molar-refractivity contribution in [2.45, 2.75) is 26.7 Å². The monoisotopic (exact) mass is 263 g/mol. The van der Waals surface area contributed by atoms with Crippen LogP contribution in [0.5, 0.6) is 0 Å². The van der Waals surface area contributed by atoms with Crippen LogP contribution in [-0.2, 0) is 0 Å². The number of rotatable bonds is 4. The second-order valence-corrected chi connectivity index (χ2v) is 4.53. The average Bonchev–Trinajstić information content (AvgIpc) is 2.35. The van der Waals surface area contributed by atoms with E-state index < -0.39 is 0 Å². The minimum atomic E-state index is 0. The summed E-state index contributed by atoms with van der Waals surface area (Å²) in [7, 11) is 1.87. The number of nitrogens with one attached hydrogen (secondary N) is 1. The van der Waals surface area contributed by atoms with Gasteiger partial charge < -0.3 is 15.1 Å². The van der Waals surface area contributed by atoms with E-state index in [9.17, 15) is 4.79 Å². The summed E-state index contributed by atoms with van der Waals surface area (Å²) in [5.41, 5.74) is 0. The minimum absolute atomic E-state index is 0. The highest BCUT2D eigenvalue weighted by Crippen LogP contribution is 2.17. The number of hydrogen-bond donors (Lipinski definition) is 1. The number of carbonyl (C=O) groups excluding carboxylic acids is 1. The molecule has 0 spiro atoms. The molecule has 4 nitrogen and oxygen atoms in total. The Kier molecular flexibility index (Phi) is 8.35. The molecule has 0 aromatic carbocycles. The van der Waals surface area contributed by atoms with Crippen molar-refractivity contribution in [1.29, 1.82) is 0 Å². The fourth-order valence-corrected chi connectivity index (χ4v) is 2.05. The van der Waals surface area contributed by atoms with Gasteiger partial charge in [-0.25, -0.2) is 4.79 Å². The molecule has 5 heteroatoms. The van der Waals surface area contributed by atoms with Crippen molar-refractivity contribution in [1.82, 2.24) is 15.1 Å². The molecule has 1 N–H and O–H groups in total. The molecule has 0 radical (unpaired) electrons. The van der Waals surface area contributed by atoms with E-state index >= 15 is 0 Å². The van der Waals surface area contributed by atoms with E-state index in [0.717, 1.165) is 51.5 Å². The summed E-state index contributed by atoms with van der Waals surface area (Å²) in [5, 5.41) is 3.38. The third-order valence-corrected chi connectivity index (χ3v) is 3.37. The Bertz CT molecular complexity index is 218. The van der Waals surface area contributed by atoms with Gasteiger partial charge in [-0.3, -0.25) is 0 Å².